The van der Waals surface area contributed by atoms with Gasteiger partial charge in [0.2, 0.25) is 0 Å². The summed E-state index contributed by atoms with van der Waals surface area (Å²) in [5.74, 6) is 0.781. The molecule has 0 heterocycles. The fourth-order valence-corrected chi connectivity index (χ4v) is 3.02. The van der Waals surface area contributed by atoms with Crippen LogP contribution >= 0.6 is 0 Å². The molecule has 1 aliphatic carbocycles. The van der Waals surface area contributed by atoms with Crippen LogP contribution in [0.15, 0.2) is 42.5 Å². The Morgan fingerprint density at radius 3 is 2.37 bits per heavy atom. The van der Waals surface area contributed by atoms with Crippen molar-refractivity contribution in [3.63, 3.8) is 0 Å². The maximum atomic E-state index is 12.4. The van der Waals surface area contributed by atoms with Crippen molar-refractivity contribution in [1.82, 2.24) is 0 Å². The third-order valence-electron chi connectivity index (χ3n) is 4.56. The second kappa shape index (κ2) is 7.60. The molecular weight excluding hydrogens is 361 g/mol. The van der Waals surface area contributed by atoms with E-state index in [1.54, 1.807) is 31.2 Å². The van der Waals surface area contributed by atoms with Gasteiger partial charge in [-0.05, 0) is 54.3 Å². The van der Waals surface area contributed by atoms with E-state index in [0.29, 0.717) is 29.0 Å². The Kier molecular flexibility index (Phi) is 5.41. The van der Waals surface area contributed by atoms with Crippen LogP contribution in [0, 0.1) is 11.8 Å². The molecule has 144 valence electrons. The molecule has 1 fully saturated rings. The minimum Gasteiger partial charge on any atom is -0.493 e. The average molecular weight is 380 g/mol. The van der Waals surface area contributed by atoms with Crippen LogP contribution in [-0.4, -0.2) is 23.9 Å². The van der Waals surface area contributed by atoms with Crippen molar-refractivity contribution in [2.45, 2.75) is 26.3 Å². The van der Waals surface area contributed by atoms with E-state index in [1.165, 1.54) is 18.2 Å². The summed E-state index contributed by atoms with van der Waals surface area (Å²) in [7, 11) is 0. The number of carbonyl (C=O) groups excluding carboxylic acids is 1. The second-order valence-corrected chi connectivity index (χ2v) is 6.57. The van der Waals surface area contributed by atoms with Crippen LogP contribution in [0.2, 0.25) is 0 Å². The number of aliphatic hydroxyl groups is 1. The molecule has 2 unspecified atom stereocenters. The lowest BCUT2D eigenvalue weighted by molar-refractivity contribution is -0.274. The van der Waals surface area contributed by atoms with Crippen LogP contribution in [-0.2, 0) is 11.4 Å². The van der Waals surface area contributed by atoms with Gasteiger partial charge in [0.15, 0.2) is 0 Å². The standard InChI is InChI=1S/C20H19F3O4/c1-12(25)18-8-15(18)11-26-16-5-2-13(3-6-16)19-9-17(27-20(21,22)23)7-4-14(19)10-24/h2-7,9,15,18,24H,8,10-11H2,1H3. The Labute approximate surface area is 154 Å². The number of ketones is 1. The molecule has 0 bridgehead atoms. The van der Waals surface area contributed by atoms with Gasteiger partial charge in [-0.3, -0.25) is 4.79 Å². The molecule has 0 radical (unpaired) electrons. The quantitative estimate of drug-likeness (QED) is 0.776. The summed E-state index contributed by atoms with van der Waals surface area (Å²) < 4.78 is 46.9. The summed E-state index contributed by atoms with van der Waals surface area (Å²) in [6.07, 6.45) is -3.94. The zero-order chi connectivity index (χ0) is 19.6. The zero-order valence-electron chi connectivity index (χ0n) is 14.6. The largest absolute Gasteiger partial charge is 0.573 e. The third kappa shape index (κ3) is 5.01. The number of halogens is 3. The number of rotatable bonds is 7. The molecular formula is C20H19F3O4. The number of hydrogen-bond acceptors (Lipinski definition) is 4. The predicted molar refractivity (Wildman–Crippen MR) is 92.3 cm³/mol. The first-order valence-corrected chi connectivity index (χ1v) is 8.50. The van der Waals surface area contributed by atoms with E-state index in [2.05, 4.69) is 4.74 Å². The first-order valence-electron chi connectivity index (χ1n) is 8.50. The summed E-state index contributed by atoms with van der Waals surface area (Å²) in [4.78, 5) is 11.2. The maximum Gasteiger partial charge on any atom is 0.573 e. The van der Waals surface area contributed by atoms with Crippen molar-refractivity contribution >= 4 is 5.78 Å². The lowest BCUT2D eigenvalue weighted by atomic mass is 9.99. The Bertz CT molecular complexity index is 815. The van der Waals surface area contributed by atoms with Gasteiger partial charge in [-0.15, -0.1) is 13.2 Å². The SMILES string of the molecule is CC(=O)C1CC1COc1ccc(-c2cc(OC(F)(F)F)ccc2CO)cc1. The summed E-state index contributed by atoms with van der Waals surface area (Å²) in [5.41, 5.74) is 1.57. The van der Waals surface area contributed by atoms with Gasteiger partial charge in [0.05, 0.1) is 13.2 Å². The molecule has 3 rings (SSSR count). The van der Waals surface area contributed by atoms with Gasteiger partial charge < -0.3 is 14.6 Å². The lowest BCUT2D eigenvalue weighted by Gasteiger charge is -2.13. The Morgan fingerprint density at radius 2 is 1.81 bits per heavy atom. The number of alkyl halides is 3. The first kappa shape index (κ1) is 19.2. The van der Waals surface area contributed by atoms with Gasteiger partial charge in [-0.1, -0.05) is 18.2 Å². The van der Waals surface area contributed by atoms with Gasteiger partial charge >= 0.3 is 6.36 Å². The highest BCUT2D eigenvalue weighted by atomic mass is 19.4. The summed E-state index contributed by atoms with van der Waals surface area (Å²) in [5, 5.41) is 9.46. The van der Waals surface area contributed by atoms with E-state index in [-0.39, 0.29) is 30.0 Å². The molecule has 1 saturated carbocycles. The van der Waals surface area contributed by atoms with Crippen LogP contribution in [0.4, 0.5) is 13.2 Å². The highest BCUT2D eigenvalue weighted by molar-refractivity contribution is 5.81. The van der Waals surface area contributed by atoms with E-state index < -0.39 is 6.36 Å². The molecule has 0 aromatic heterocycles. The molecule has 1 N–H and O–H groups in total. The molecule has 0 spiro atoms. The van der Waals surface area contributed by atoms with Crippen molar-refractivity contribution in [2.24, 2.45) is 11.8 Å². The number of ether oxygens (including phenoxy) is 2. The summed E-state index contributed by atoms with van der Waals surface area (Å²) in [6, 6.07) is 10.6. The zero-order valence-corrected chi connectivity index (χ0v) is 14.6. The van der Waals surface area contributed by atoms with Crippen LogP contribution in [0.1, 0.15) is 18.9 Å². The van der Waals surface area contributed by atoms with E-state index in [1.807, 2.05) is 0 Å². The van der Waals surface area contributed by atoms with Crippen molar-refractivity contribution in [3.05, 3.63) is 48.0 Å². The van der Waals surface area contributed by atoms with Crippen molar-refractivity contribution in [1.29, 1.82) is 0 Å². The highest BCUT2D eigenvalue weighted by Gasteiger charge is 2.41. The van der Waals surface area contributed by atoms with Crippen molar-refractivity contribution in [3.8, 4) is 22.6 Å². The Hall–Kier alpha value is -2.54. The number of benzene rings is 2. The molecule has 27 heavy (non-hydrogen) atoms. The summed E-state index contributed by atoms with van der Waals surface area (Å²) in [6.45, 7) is 1.73. The van der Waals surface area contributed by atoms with Crippen molar-refractivity contribution < 1.29 is 32.5 Å². The van der Waals surface area contributed by atoms with Gasteiger partial charge in [0.1, 0.15) is 17.3 Å². The van der Waals surface area contributed by atoms with E-state index in [9.17, 15) is 23.1 Å². The predicted octanol–water partition coefficient (Wildman–Crippen LogP) is 4.35. The van der Waals surface area contributed by atoms with Gasteiger partial charge in [-0.2, -0.15) is 0 Å². The molecule has 2 atom stereocenters. The molecule has 0 aliphatic heterocycles. The molecule has 4 nitrogen and oxygen atoms in total. The normalized spacial score (nSPS) is 18.9. The number of hydrogen-bond donors (Lipinski definition) is 1. The Morgan fingerprint density at radius 1 is 1.15 bits per heavy atom. The Balaban J connectivity index is 1.72. The highest BCUT2D eigenvalue weighted by Crippen LogP contribution is 2.39. The molecule has 7 heteroatoms. The summed E-state index contributed by atoms with van der Waals surface area (Å²) >= 11 is 0. The molecule has 2 aromatic carbocycles. The molecule has 0 saturated heterocycles. The minimum absolute atomic E-state index is 0.0905. The molecule has 2 aromatic rings. The maximum absolute atomic E-state index is 12.4. The van der Waals surface area contributed by atoms with Gasteiger partial charge in [-0.25, -0.2) is 0 Å². The minimum atomic E-state index is -4.78. The van der Waals surface area contributed by atoms with Gasteiger partial charge in [0, 0.05) is 11.8 Å². The average Bonchev–Trinajstić information content (AvgIpc) is 3.39. The molecule has 1 aliphatic rings. The van der Waals surface area contributed by atoms with E-state index >= 15 is 0 Å². The molecule has 0 amide bonds. The van der Waals surface area contributed by atoms with Crippen LogP contribution < -0.4 is 9.47 Å². The number of Topliss-reactive ketones (excluding diaryl/α,β-unsaturated/α-hetero) is 1. The van der Waals surface area contributed by atoms with Gasteiger partial charge in [0.25, 0.3) is 0 Å². The smallest absolute Gasteiger partial charge is 0.493 e. The van der Waals surface area contributed by atoms with Crippen LogP contribution in [0.5, 0.6) is 11.5 Å². The first-order chi connectivity index (χ1) is 12.8. The number of carbonyl (C=O) groups is 1. The van der Waals surface area contributed by atoms with E-state index in [4.69, 9.17) is 4.74 Å². The fraction of sp³-hybridized carbons (Fsp3) is 0.350. The van der Waals surface area contributed by atoms with Crippen LogP contribution in [0.3, 0.4) is 0 Å². The lowest BCUT2D eigenvalue weighted by Crippen LogP contribution is -2.17. The number of aliphatic hydroxyl groups excluding tert-OH is 1. The second-order valence-electron chi connectivity index (χ2n) is 6.57. The van der Waals surface area contributed by atoms with Crippen molar-refractivity contribution in [2.75, 3.05) is 6.61 Å². The van der Waals surface area contributed by atoms with E-state index in [0.717, 1.165) is 6.42 Å². The van der Waals surface area contributed by atoms with Crippen LogP contribution in [0.25, 0.3) is 11.1 Å². The monoisotopic (exact) mass is 380 g/mol. The topological polar surface area (TPSA) is 55.8 Å². The fourth-order valence-electron chi connectivity index (χ4n) is 3.02. The third-order valence-corrected chi connectivity index (χ3v) is 4.56.